The summed E-state index contributed by atoms with van der Waals surface area (Å²) in [6.45, 7) is 7.41. The topological polar surface area (TPSA) is 58.2 Å². The molecule has 0 aliphatic heterocycles. The third-order valence-electron chi connectivity index (χ3n) is 2.87. The SMILES string of the molecule is CCNCc1cc(S(=O)(=O)NC(C)CCSC)c(C)s1. The number of hydrogen-bond donors (Lipinski definition) is 2. The fourth-order valence-corrected chi connectivity index (χ4v) is 5.28. The number of thiophene rings is 1. The van der Waals surface area contributed by atoms with E-state index in [9.17, 15) is 8.42 Å². The molecule has 2 N–H and O–H groups in total. The van der Waals surface area contributed by atoms with Gasteiger partial charge in [0, 0.05) is 22.3 Å². The van der Waals surface area contributed by atoms with Gasteiger partial charge < -0.3 is 5.32 Å². The largest absolute Gasteiger partial charge is 0.312 e. The number of nitrogens with one attached hydrogen (secondary N) is 2. The summed E-state index contributed by atoms with van der Waals surface area (Å²) >= 11 is 3.27. The minimum Gasteiger partial charge on any atom is -0.312 e. The second-order valence-corrected chi connectivity index (χ2v) is 8.73. The lowest BCUT2D eigenvalue weighted by atomic mass is 10.3. The molecule has 0 aliphatic carbocycles. The van der Waals surface area contributed by atoms with E-state index in [0.717, 1.165) is 35.0 Å². The summed E-state index contributed by atoms with van der Waals surface area (Å²) in [6.07, 6.45) is 2.87. The van der Waals surface area contributed by atoms with Gasteiger partial charge in [-0.1, -0.05) is 6.92 Å². The van der Waals surface area contributed by atoms with Crippen LogP contribution >= 0.6 is 23.1 Å². The molecule has 7 heteroatoms. The van der Waals surface area contributed by atoms with E-state index in [1.165, 1.54) is 0 Å². The standard InChI is InChI=1S/C13H24N2O2S3/c1-5-14-9-12-8-13(11(3)19-12)20(16,17)15-10(2)6-7-18-4/h8,10,14-15H,5-7,9H2,1-4H3. The molecule has 0 radical (unpaired) electrons. The van der Waals surface area contributed by atoms with Gasteiger partial charge in [-0.3, -0.25) is 0 Å². The Labute approximate surface area is 130 Å². The summed E-state index contributed by atoms with van der Waals surface area (Å²) in [5.74, 6) is 0.956. The van der Waals surface area contributed by atoms with Crippen LogP contribution in [0.2, 0.25) is 0 Å². The minimum absolute atomic E-state index is 0.0380. The first-order valence-corrected chi connectivity index (χ1v) is 10.4. The van der Waals surface area contributed by atoms with Crippen molar-refractivity contribution < 1.29 is 8.42 Å². The third kappa shape index (κ3) is 5.37. The number of aryl methyl sites for hydroxylation is 1. The van der Waals surface area contributed by atoms with Crippen LogP contribution < -0.4 is 10.0 Å². The average molecular weight is 337 g/mol. The van der Waals surface area contributed by atoms with Gasteiger partial charge in [-0.2, -0.15) is 11.8 Å². The molecule has 0 saturated heterocycles. The molecule has 1 aromatic rings. The van der Waals surface area contributed by atoms with Crippen molar-refractivity contribution in [3.05, 3.63) is 15.8 Å². The number of rotatable bonds is 9. The lowest BCUT2D eigenvalue weighted by molar-refractivity contribution is 0.557. The Morgan fingerprint density at radius 3 is 2.75 bits per heavy atom. The Balaban J connectivity index is 2.78. The quantitative estimate of drug-likeness (QED) is 0.728. The molecule has 116 valence electrons. The van der Waals surface area contributed by atoms with Crippen LogP contribution in [0.15, 0.2) is 11.0 Å². The first-order chi connectivity index (χ1) is 9.40. The second kappa shape index (κ2) is 8.38. The smallest absolute Gasteiger partial charge is 0.241 e. The fraction of sp³-hybridized carbons (Fsp3) is 0.692. The van der Waals surface area contributed by atoms with E-state index < -0.39 is 10.0 Å². The molecular formula is C13H24N2O2S3. The predicted octanol–water partition coefficient (Wildman–Crippen LogP) is 2.59. The summed E-state index contributed by atoms with van der Waals surface area (Å²) in [5.41, 5.74) is 0. The summed E-state index contributed by atoms with van der Waals surface area (Å²) in [6, 6.07) is 1.75. The highest BCUT2D eigenvalue weighted by Crippen LogP contribution is 2.26. The van der Waals surface area contributed by atoms with E-state index in [1.54, 1.807) is 29.2 Å². The molecule has 0 spiro atoms. The zero-order valence-corrected chi connectivity index (χ0v) is 15.0. The van der Waals surface area contributed by atoms with Crippen LogP contribution in [0.5, 0.6) is 0 Å². The Hall–Kier alpha value is -0.0800. The normalized spacial score (nSPS) is 13.6. The molecular weight excluding hydrogens is 312 g/mol. The fourth-order valence-electron chi connectivity index (χ4n) is 1.81. The Bertz CT molecular complexity index is 512. The monoisotopic (exact) mass is 336 g/mol. The predicted molar refractivity (Wildman–Crippen MR) is 89.2 cm³/mol. The van der Waals surface area contributed by atoms with E-state index in [1.807, 2.05) is 27.0 Å². The number of sulfonamides is 1. The molecule has 1 rings (SSSR count). The van der Waals surface area contributed by atoms with Crippen LogP contribution in [-0.2, 0) is 16.6 Å². The van der Waals surface area contributed by atoms with Crippen molar-refractivity contribution in [2.75, 3.05) is 18.6 Å². The van der Waals surface area contributed by atoms with Crippen LogP contribution in [0, 0.1) is 6.92 Å². The summed E-state index contributed by atoms with van der Waals surface area (Å²) in [5, 5.41) is 3.22. The van der Waals surface area contributed by atoms with Gasteiger partial charge in [-0.05, 0) is 44.9 Å². The first kappa shape index (κ1) is 18.0. The maximum Gasteiger partial charge on any atom is 0.241 e. The molecule has 0 aromatic carbocycles. The summed E-state index contributed by atoms with van der Waals surface area (Å²) < 4.78 is 27.5. The van der Waals surface area contributed by atoms with Crippen LogP contribution in [0.3, 0.4) is 0 Å². The van der Waals surface area contributed by atoms with Crippen molar-refractivity contribution in [1.29, 1.82) is 0 Å². The molecule has 1 heterocycles. The van der Waals surface area contributed by atoms with E-state index in [0.29, 0.717) is 4.90 Å². The molecule has 0 bridgehead atoms. The zero-order valence-electron chi connectivity index (χ0n) is 12.5. The number of hydrogen-bond acceptors (Lipinski definition) is 5. The summed E-state index contributed by atoms with van der Waals surface area (Å²) in [4.78, 5) is 2.33. The minimum atomic E-state index is -3.40. The van der Waals surface area contributed by atoms with Crippen molar-refractivity contribution in [2.24, 2.45) is 0 Å². The Kier molecular flexibility index (Phi) is 7.53. The highest BCUT2D eigenvalue weighted by molar-refractivity contribution is 7.98. The van der Waals surface area contributed by atoms with Crippen LogP contribution in [-0.4, -0.2) is 33.0 Å². The third-order valence-corrected chi connectivity index (χ3v) is 6.41. The van der Waals surface area contributed by atoms with Gasteiger partial charge >= 0.3 is 0 Å². The Morgan fingerprint density at radius 1 is 1.45 bits per heavy atom. The van der Waals surface area contributed by atoms with Gasteiger partial charge in [0.15, 0.2) is 0 Å². The number of thioether (sulfide) groups is 1. The zero-order chi connectivity index (χ0) is 15.2. The molecule has 1 unspecified atom stereocenters. The second-order valence-electron chi connectivity index (χ2n) is 4.72. The molecule has 1 aromatic heterocycles. The maximum absolute atomic E-state index is 12.4. The van der Waals surface area contributed by atoms with Crippen molar-refractivity contribution in [2.45, 2.75) is 44.7 Å². The first-order valence-electron chi connectivity index (χ1n) is 6.72. The van der Waals surface area contributed by atoms with Gasteiger partial charge in [0.2, 0.25) is 10.0 Å². The lowest BCUT2D eigenvalue weighted by Crippen LogP contribution is -2.33. The van der Waals surface area contributed by atoms with Gasteiger partial charge in [0.05, 0.1) is 4.90 Å². The molecule has 1 atom stereocenters. The van der Waals surface area contributed by atoms with Gasteiger partial charge in [0.25, 0.3) is 0 Å². The van der Waals surface area contributed by atoms with E-state index in [2.05, 4.69) is 10.0 Å². The summed E-state index contributed by atoms with van der Waals surface area (Å²) in [7, 11) is -3.40. The van der Waals surface area contributed by atoms with E-state index in [4.69, 9.17) is 0 Å². The molecule has 0 fully saturated rings. The van der Waals surface area contributed by atoms with Crippen molar-refractivity contribution in [1.82, 2.24) is 10.0 Å². The van der Waals surface area contributed by atoms with Crippen LogP contribution in [0.4, 0.5) is 0 Å². The van der Waals surface area contributed by atoms with Crippen molar-refractivity contribution in [3.63, 3.8) is 0 Å². The van der Waals surface area contributed by atoms with Gasteiger partial charge in [0.1, 0.15) is 0 Å². The highest BCUT2D eigenvalue weighted by Gasteiger charge is 2.21. The van der Waals surface area contributed by atoms with Gasteiger partial charge in [-0.15, -0.1) is 11.3 Å². The molecule has 4 nitrogen and oxygen atoms in total. The van der Waals surface area contributed by atoms with Crippen molar-refractivity contribution >= 4 is 33.1 Å². The molecule has 0 amide bonds. The van der Waals surface area contributed by atoms with Crippen LogP contribution in [0.1, 0.15) is 30.0 Å². The van der Waals surface area contributed by atoms with Crippen LogP contribution in [0.25, 0.3) is 0 Å². The van der Waals surface area contributed by atoms with Gasteiger partial charge in [-0.25, -0.2) is 13.1 Å². The average Bonchev–Trinajstić information content (AvgIpc) is 2.75. The molecule has 20 heavy (non-hydrogen) atoms. The highest BCUT2D eigenvalue weighted by atomic mass is 32.2. The van der Waals surface area contributed by atoms with E-state index in [-0.39, 0.29) is 6.04 Å². The molecule has 0 saturated carbocycles. The lowest BCUT2D eigenvalue weighted by Gasteiger charge is -2.13. The van der Waals surface area contributed by atoms with E-state index >= 15 is 0 Å². The Morgan fingerprint density at radius 2 is 2.15 bits per heavy atom. The maximum atomic E-state index is 12.4. The molecule has 0 aliphatic rings. The van der Waals surface area contributed by atoms with Crippen molar-refractivity contribution in [3.8, 4) is 0 Å².